The van der Waals surface area contributed by atoms with Gasteiger partial charge in [0, 0.05) is 11.6 Å². The summed E-state index contributed by atoms with van der Waals surface area (Å²) in [4.78, 5) is 17.7. The number of pyridine rings is 1. The minimum Gasteiger partial charge on any atom is -0.320 e. The second-order valence-corrected chi connectivity index (χ2v) is 6.65. The topological polar surface area (TPSA) is 42.0 Å². The molecule has 0 unspecified atom stereocenters. The molecular formula is C24H20N2O. The van der Waals surface area contributed by atoms with Crippen LogP contribution in [0.5, 0.6) is 0 Å². The van der Waals surface area contributed by atoms with Crippen molar-refractivity contribution in [2.24, 2.45) is 0 Å². The van der Waals surface area contributed by atoms with E-state index in [4.69, 9.17) is 0 Å². The number of aryl methyl sites for hydroxylation is 2. The molecule has 3 nitrogen and oxygen atoms in total. The van der Waals surface area contributed by atoms with Crippen LogP contribution in [0.2, 0.25) is 0 Å². The summed E-state index contributed by atoms with van der Waals surface area (Å²) in [5, 5.41) is 4.08. The average molecular weight is 352 g/mol. The Kier molecular flexibility index (Phi) is 4.43. The van der Waals surface area contributed by atoms with Crippen LogP contribution < -0.4 is 5.32 Å². The third-order valence-electron chi connectivity index (χ3n) is 4.79. The molecule has 132 valence electrons. The normalized spacial score (nSPS) is 10.7. The smallest absolute Gasteiger partial charge is 0.256 e. The Hall–Kier alpha value is -3.46. The van der Waals surface area contributed by atoms with E-state index in [2.05, 4.69) is 16.4 Å². The first-order valence-corrected chi connectivity index (χ1v) is 8.96. The number of aromatic nitrogens is 1. The molecule has 0 bridgehead atoms. The maximum absolute atomic E-state index is 13.3. The molecular weight excluding hydrogens is 332 g/mol. The van der Waals surface area contributed by atoms with Gasteiger partial charge in [0.2, 0.25) is 0 Å². The van der Waals surface area contributed by atoms with Crippen molar-refractivity contribution in [3.05, 3.63) is 95.7 Å². The van der Waals surface area contributed by atoms with E-state index in [-0.39, 0.29) is 5.91 Å². The number of carbonyl (C=O) groups excluding carboxylic acids is 1. The summed E-state index contributed by atoms with van der Waals surface area (Å²) in [7, 11) is 0. The molecule has 27 heavy (non-hydrogen) atoms. The molecule has 3 heteroatoms. The zero-order valence-corrected chi connectivity index (χ0v) is 15.4. The number of nitrogens with one attached hydrogen (secondary N) is 1. The van der Waals surface area contributed by atoms with Crippen LogP contribution >= 0.6 is 0 Å². The van der Waals surface area contributed by atoms with Crippen LogP contribution in [0.3, 0.4) is 0 Å². The molecule has 0 aliphatic carbocycles. The summed E-state index contributed by atoms with van der Waals surface area (Å²) < 4.78 is 0. The predicted molar refractivity (Wildman–Crippen MR) is 111 cm³/mol. The highest BCUT2D eigenvalue weighted by Gasteiger charge is 2.18. The van der Waals surface area contributed by atoms with Crippen molar-refractivity contribution in [2.75, 3.05) is 5.32 Å². The number of nitrogens with zero attached hydrogens (tertiary/aromatic N) is 1. The maximum atomic E-state index is 13.3. The number of benzene rings is 3. The highest BCUT2D eigenvalue weighted by atomic mass is 16.1. The van der Waals surface area contributed by atoms with Crippen molar-refractivity contribution < 1.29 is 4.79 Å². The third-order valence-corrected chi connectivity index (χ3v) is 4.79. The van der Waals surface area contributed by atoms with Gasteiger partial charge in [0.05, 0.1) is 16.8 Å². The molecule has 0 saturated carbocycles. The summed E-state index contributed by atoms with van der Waals surface area (Å²) in [5.74, 6) is -0.117. The molecule has 0 fully saturated rings. The fourth-order valence-corrected chi connectivity index (χ4v) is 3.47. The summed E-state index contributed by atoms with van der Waals surface area (Å²) in [6, 6.07) is 23.8. The molecule has 4 aromatic rings. The number of carbonyl (C=O) groups is 1. The van der Waals surface area contributed by atoms with Crippen LogP contribution in [-0.4, -0.2) is 10.9 Å². The zero-order chi connectivity index (χ0) is 18.8. The van der Waals surface area contributed by atoms with Crippen molar-refractivity contribution in [2.45, 2.75) is 13.8 Å². The number of hydrogen-bond donors (Lipinski definition) is 1. The fraction of sp³-hybridized carbons (Fsp3) is 0.0833. The van der Waals surface area contributed by atoms with Crippen molar-refractivity contribution >= 4 is 22.5 Å². The van der Waals surface area contributed by atoms with Gasteiger partial charge >= 0.3 is 0 Å². The van der Waals surface area contributed by atoms with Crippen LogP contribution in [-0.2, 0) is 0 Å². The monoisotopic (exact) mass is 352 g/mol. The molecule has 0 saturated heterocycles. The summed E-state index contributed by atoms with van der Waals surface area (Å²) in [6.45, 7) is 4.01. The van der Waals surface area contributed by atoms with Gasteiger partial charge in [0.1, 0.15) is 0 Å². The number of hydrogen-bond acceptors (Lipinski definition) is 2. The van der Waals surface area contributed by atoms with E-state index in [1.54, 1.807) is 6.20 Å². The SMILES string of the molecule is Cc1ccc(C)c(-c2ccccc2)c1C(=O)Nc1cccc2cccnc12. The molecule has 0 radical (unpaired) electrons. The van der Waals surface area contributed by atoms with Crippen LogP contribution in [0.4, 0.5) is 5.69 Å². The molecule has 4 rings (SSSR count). The minimum atomic E-state index is -0.117. The summed E-state index contributed by atoms with van der Waals surface area (Å²) in [5.41, 5.74) is 6.26. The number of para-hydroxylation sites is 1. The Morgan fingerprint density at radius 3 is 2.37 bits per heavy atom. The quantitative estimate of drug-likeness (QED) is 0.508. The number of anilines is 1. The lowest BCUT2D eigenvalue weighted by Crippen LogP contribution is -2.16. The van der Waals surface area contributed by atoms with Gasteiger partial charge in [-0.2, -0.15) is 0 Å². The lowest BCUT2D eigenvalue weighted by atomic mass is 9.91. The van der Waals surface area contributed by atoms with Gasteiger partial charge in [-0.3, -0.25) is 9.78 Å². The largest absolute Gasteiger partial charge is 0.320 e. The molecule has 0 spiro atoms. The second kappa shape index (κ2) is 7.04. The van der Waals surface area contributed by atoms with Gasteiger partial charge in [-0.15, -0.1) is 0 Å². The summed E-state index contributed by atoms with van der Waals surface area (Å²) >= 11 is 0. The minimum absolute atomic E-state index is 0.117. The van der Waals surface area contributed by atoms with Gasteiger partial charge < -0.3 is 5.32 Å². The Balaban J connectivity index is 1.82. The van der Waals surface area contributed by atoms with E-state index in [0.717, 1.165) is 38.8 Å². The fourth-order valence-electron chi connectivity index (χ4n) is 3.47. The van der Waals surface area contributed by atoms with E-state index in [1.807, 2.05) is 80.6 Å². The Bertz CT molecular complexity index is 1130. The summed E-state index contributed by atoms with van der Waals surface area (Å²) in [6.07, 6.45) is 1.74. The number of amides is 1. The van der Waals surface area contributed by atoms with E-state index in [1.165, 1.54) is 0 Å². The molecule has 0 aliphatic rings. The van der Waals surface area contributed by atoms with Gasteiger partial charge in [-0.1, -0.05) is 60.7 Å². The lowest BCUT2D eigenvalue weighted by Gasteiger charge is -2.16. The Labute approximate surface area is 158 Å². The standard InChI is InChI=1S/C24H20N2O/c1-16-13-14-17(2)22(21(16)18-8-4-3-5-9-18)24(27)26-20-12-6-10-19-11-7-15-25-23(19)20/h3-15H,1-2H3,(H,26,27). The molecule has 0 atom stereocenters. The lowest BCUT2D eigenvalue weighted by molar-refractivity contribution is 0.102. The van der Waals surface area contributed by atoms with Gasteiger partial charge in [0.25, 0.3) is 5.91 Å². The second-order valence-electron chi connectivity index (χ2n) is 6.65. The van der Waals surface area contributed by atoms with Gasteiger partial charge in [-0.25, -0.2) is 0 Å². The number of fused-ring (bicyclic) bond motifs is 1. The van der Waals surface area contributed by atoms with E-state index >= 15 is 0 Å². The van der Waals surface area contributed by atoms with Gasteiger partial charge in [0.15, 0.2) is 0 Å². The third kappa shape index (κ3) is 3.20. The van der Waals surface area contributed by atoms with Crippen molar-refractivity contribution in [1.82, 2.24) is 4.98 Å². The number of rotatable bonds is 3. The van der Waals surface area contributed by atoms with Crippen LogP contribution in [0.25, 0.3) is 22.0 Å². The highest BCUT2D eigenvalue weighted by Crippen LogP contribution is 2.31. The van der Waals surface area contributed by atoms with E-state index in [0.29, 0.717) is 5.56 Å². The molecule has 1 amide bonds. The van der Waals surface area contributed by atoms with E-state index in [9.17, 15) is 4.79 Å². The molecule has 1 heterocycles. The first-order valence-electron chi connectivity index (χ1n) is 8.96. The van der Waals surface area contributed by atoms with Crippen molar-refractivity contribution in [1.29, 1.82) is 0 Å². The maximum Gasteiger partial charge on any atom is 0.256 e. The first kappa shape index (κ1) is 17.0. The Morgan fingerprint density at radius 1 is 0.815 bits per heavy atom. The van der Waals surface area contributed by atoms with Gasteiger partial charge in [-0.05, 0) is 48.2 Å². The Morgan fingerprint density at radius 2 is 1.56 bits per heavy atom. The van der Waals surface area contributed by atoms with Crippen molar-refractivity contribution in [3.63, 3.8) is 0 Å². The molecule has 0 aliphatic heterocycles. The van der Waals surface area contributed by atoms with Crippen molar-refractivity contribution in [3.8, 4) is 11.1 Å². The van der Waals surface area contributed by atoms with E-state index < -0.39 is 0 Å². The first-order chi connectivity index (χ1) is 13.1. The molecule has 1 N–H and O–H groups in total. The zero-order valence-electron chi connectivity index (χ0n) is 15.4. The predicted octanol–water partition coefficient (Wildman–Crippen LogP) is 5.77. The highest BCUT2D eigenvalue weighted by molar-refractivity contribution is 6.12. The average Bonchev–Trinajstić information content (AvgIpc) is 2.70. The molecule has 1 aromatic heterocycles. The van der Waals surface area contributed by atoms with Crippen LogP contribution in [0, 0.1) is 13.8 Å². The van der Waals surface area contributed by atoms with Crippen LogP contribution in [0.15, 0.2) is 79.0 Å². The van der Waals surface area contributed by atoms with Crippen LogP contribution in [0.1, 0.15) is 21.5 Å². The molecule has 3 aromatic carbocycles.